The molecule has 1 aliphatic heterocycles. The van der Waals surface area contributed by atoms with E-state index in [9.17, 15) is 0 Å². The third kappa shape index (κ3) is 2.52. The second kappa shape index (κ2) is 5.28. The molecule has 0 bridgehead atoms. The van der Waals surface area contributed by atoms with E-state index in [0.29, 0.717) is 6.04 Å². The van der Waals surface area contributed by atoms with Crippen molar-refractivity contribution in [2.45, 2.75) is 12.5 Å². The highest BCUT2D eigenvalue weighted by molar-refractivity contribution is 9.10. The smallest absolute Gasteiger partial charge is 0.126 e. The van der Waals surface area contributed by atoms with Crippen molar-refractivity contribution in [3.8, 4) is 0 Å². The van der Waals surface area contributed by atoms with Crippen LogP contribution in [0.4, 0.5) is 5.69 Å². The lowest BCUT2D eigenvalue weighted by molar-refractivity contribution is 0.315. The van der Waals surface area contributed by atoms with Crippen LogP contribution in [-0.2, 0) is 0 Å². The van der Waals surface area contributed by atoms with E-state index in [1.807, 2.05) is 18.2 Å². The van der Waals surface area contributed by atoms with Gasteiger partial charge in [-0.05, 0) is 48.6 Å². The minimum atomic E-state index is 0.116. The second-order valence-electron chi connectivity index (χ2n) is 4.90. The molecule has 4 nitrogen and oxygen atoms in total. The van der Waals surface area contributed by atoms with Gasteiger partial charge in [0.2, 0.25) is 0 Å². The Morgan fingerprint density at radius 2 is 2.22 bits per heavy atom. The molecule has 0 amide bonds. The van der Waals surface area contributed by atoms with Gasteiger partial charge in [0, 0.05) is 29.3 Å². The number of rotatable bonds is 3. The third-order valence-electron chi connectivity index (χ3n) is 3.50. The molecule has 1 aliphatic rings. The molecule has 1 aromatic rings. The van der Waals surface area contributed by atoms with Crippen LogP contribution in [0.15, 0.2) is 22.7 Å². The first kappa shape index (κ1) is 13.4. The van der Waals surface area contributed by atoms with Crippen LogP contribution >= 0.6 is 15.9 Å². The van der Waals surface area contributed by atoms with Gasteiger partial charge in [0.25, 0.3) is 0 Å². The molecule has 1 atom stereocenters. The highest BCUT2D eigenvalue weighted by Crippen LogP contribution is 2.30. The number of hydrogen-bond donors (Lipinski definition) is 2. The molecule has 1 aromatic carbocycles. The van der Waals surface area contributed by atoms with E-state index in [1.165, 1.54) is 0 Å². The Morgan fingerprint density at radius 1 is 1.50 bits per heavy atom. The van der Waals surface area contributed by atoms with Gasteiger partial charge >= 0.3 is 0 Å². The normalized spacial score (nSPS) is 19.6. The highest BCUT2D eigenvalue weighted by atomic mass is 79.9. The van der Waals surface area contributed by atoms with Crippen molar-refractivity contribution in [2.24, 2.45) is 5.73 Å². The molecular formula is C13H19BrN4. The number of nitrogens with zero attached hydrogens (tertiary/aromatic N) is 2. The minimum Gasteiger partial charge on any atom is -0.384 e. The molecule has 2 rings (SSSR count). The number of nitrogen functional groups attached to an aromatic ring is 1. The summed E-state index contributed by atoms with van der Waals surface area (Å²) >= 11 is 3.48. The Bertz CT molecular complexity index is 458. The number of likely N-dealkylation sites (N-methyl/N-ethyl adjacent to an activating group) is 1. The SMILES string of the molecule is CN(C)C1CCN(c2cccc(Br)c2C(=N)N)C1. The van der Waals surface area contributed by atoms with Gasteiger partial charge in [-0.2, -0.15) is 0 Å². The number of anilines is 1. The van der Waals surface area contributed by atoms with Crippen LogP contribution in [0, 0.1) is 5.41 Å². The van der Waals surface area contributed by atoms with E-state index < -0.39 is 0 Å². The summed E-state index contributed by atoms with van der Waals surface area (Å²) in [5.41, 5.74) is 7.55. The van der Waals surface area contributed by atoms with Gasteiger partial charge < -0.3 is 15.5 Å². The first-order chi connectivity index (χ1) is 8.50. The highest BCUT2D eigenvalue weighted by Gasteiger charge is 2.26. The monoisotopic (exact) mass is 310 g/mol. The maximum atomic E-state index is 7.73. The van der Waals surface area contributed by atoms with Crippen LogP contribution in [0.1, 0.15) is 12.0 Å². The molecule has 3 N–H and O–H groups in total. The summed E-state index contributed by atoms with van der Waals surface area (Å²) in [4.78, 5) is 4.57. The summed E-state index contributed by atoms with van der Waals surface area (Å²) < 4.78 is 0.890. The van der Waals surface area contributed by atoms with Crippen LogP contribution in [0.3, 0.4) is 0 Å². The molecule has 1 unspecified atom stereocenters. The van der Waals surface area contributed by atoms with Gasteiger partial charge in [0.05, 0.1) is 5.56 Å². The van der Waals surface area contributed by atoms with Crippen molar-refractivity contribution in [3.05, 3.63) is 28.2 Å². The van der Waals surface area contributed by atoms with Gasteiger partial charge in [0.1, 0.15) is 5.84 Å². The lowest BCUT2D eigenvalue weighted by atomic mass is 10.1. The maximum absolute atomic E-state index is 7.73. The zero-order chi connectivity index (χ0) is 13.3. The molecule has 0 aliphatic carbocycles. The molecule has 5 heteroatoms. The molecule has 98 valence electrons. The van der Waals surface area contributed by atoms with Gasteiger partial charge in [-0.25, -0.2) is 0 Å². The molecule has 0 radical (unpaired) electrons. The Labute approximate surface area is 116 Å². The zero-order valence-corrected chi connectivity index (χ0v) is 12.4. The number of benzene rings is 1. The van der Waals surface area contributed by atoms with Crippen LogP contribution in [-0.4, -0.2) is 44.0 Å². The average Bonchev–Trinajstić information content (AvgIpc) is 2.77. The van der Waals surface area contributed by atoms with Gasteiger partial charge in [-0.3, -0.25) is 5.41 Å². The quantitative estimate of drug-likeness (QED) is 0.662. The standard InChI is InChI=1S/C13H19BrN4/c1-17(2)9-6-7-18(8-9)11-5-3-4-10(14)12(11)13(15)16/h3-5,9H,6-8H2,1-2H3,(H3,15,16). The fourth-order valence-corrected chi connectivity index (χ4v) is 2.99. The summed E-state index contributed by atoms with van der Waals surface area (Å²) in [7, 11) is 4.22. The van der Waals surface area contributed by atoms with Gasteiger partial charge in [-0.1, -0.05) is 6.07 Å². The molecule has 0 spiro atoms. The Kier molecular flexibility index (Phi) is 3.92. The molecular weight excluding hydrogens is 292 g/mol. The zero-order valence-electron chi connectivity index (χ0n) is 10.8. The van der Waals surface area contributed by atoms with E-state index in [4.69, 9.17) is 11.1 Å². The first-order valence-electron chi connectivity index (χ1n) is 6.05. The van der Waals surface area contributed by atoms with E-state index in [0.717, 1.165) is 35.2 Å². The van der Waals surface area contributed by atoms with Crippen LogP contribution in [0.25, 0.3) is 0 Å². The predicted molar refractivity (Wildman–Crippen MR) is 79.5 cm³/mol. The predicted octanol–water partition coefficient (Wildman–Crippen LogP) is 1.87. The van der Waals surface area contributed by atoms with Crippen molar-refractivity contribution in [1.82, 2.24) is 4.90 Å². The maximum Gasteiger partial charge on any atom is 0.126 e. The van der Waals surface area contributed by atoms with Crippen LogP contribution in [0.2, 0.25) is 0 Å². The summed E-state index contributed by atoms with van der Waals surface area (Å²) in [6.07, 6.45) is 1.15. The van der Waals surface area contributed by atoms with Crippen LogP contribution < -0.4 is 10.6 Å². The summed E-state index contributed by atoms with van der Waals surface area (Å²) in [6, 6.07) is 6.54. The number of hydrogen-bond acceptors (Lipinski definition) is 3. The van der Waals surface area contributed by atoms with E-state index in [1.54, 1.807) is 0 Å². The van der Waals surface area contributed by atoms with Crippen molar-refractivity contribution < 1.29 is 0 Å². The molecule has 1 saturated heterocycles. The Morgan fingerprint density at radius 3 is 2.78 bits per heavy atom. The summed E-state index contributed by atoms with van der Waals surface area (Å²) in [5.74, 6) is 0.116. The number of nitrogens with two attached hydrogens (primary N) is 1. The van der Waals surface area contributed by atoms with Crippen molar-refractivity contribution in [1.29, 1.82) is 5.41 Å². The average molecular weight is 311 g/mol. The number of nitrogens with one attached hydrogen (secondary N) is 1. The van der Waals surface area contributed by atoms with Crippen molar-refractivity contribution >= 4 is 27.5 Å². The lowest BCUT2D eigenvalue weighted by Crippen LogP contribution is -2.32. The van der Waals surface area contributed by atoms with Gasteiger partial charge in [-0.15, -0.1) is 0 Å². The Balaban J connectivity index is 2.30. The minimum absolute atomic E-state index is 0.116. The van der Waals surface area contributed by atoms with Crippen molar-refractivity contribution in [2.75, 3.05) is 32.1 Å². The molecule has 0 saturated carbocycles. The van der Waals surface area contributed by atoms with E-state index in [2.05, 4.69) is 39.8 Å². The molecule has 0 aromatic heterocycles. The Hall–Kier alpha value is -1.07. The largest absolute Gasteiger partial charge is 0.384 e. The summed E-state index contributed by atoms with van der Waals surface area (Å²) in [6.45, 7) is 2.00. The molecule has 1 fully saturated rings. The fraction of sp³-hybridized carbons (Fsp3) is 0.462. The van der Waals surface area contributed by atoms with E-state index >= 15 is 0 Å². The topological polar surface area (TPSA) is 56.4 Å². The lowest BCUT2D eigenvalue weighted by Gasteiger charge is -2.24. The van der Waals surface area contributed by atoms with Crippen LogP contribution in [0.5, 0.6) is 0 Å². The third-order valence-corrected chi connectivity index (χ3v) is 4.16. The summed E-state index contributed by atoms with van der Waals surface area (Å²) in [5, 5.41) is 7.73. The van der Waals surface area contributed by atoms with E-state index in [-0.39, 0.29) is 5.84 Å². The van der Waals surface area contributed by atoms with Gasteiger partial charge in [0.15, 0.2) is 0 Å². The first-order valence-corrected chi connectivity index (χ1v) is 6.84. The fourth-order valence-electron chi connectivity index (χ4n) is 2.43. The molecule has 1 heterocycles. The van der Waals surface area contributed by atoms with Crippen molar-refractivity contribution in [3.63, 3.8) is 0 Å². The number of amidine groups is 1. The second-order valence-corrected chi connectivity index (χ2v) is 5.75. The number of halogens is 1. The molecule has 18 heavy (non-hydrogen) atoms.